The maximum atomic E-state index is 2.12. The zero-order valence-electron chi connectivity index (χ0n) is 5.62. The number of hydrogen-bond donors (Lipinski definition) is 0. The lowest BCUT2D eigenvalue weighted by Gasteiger charge is -2.26. The standard InChI is InChI=1S/C10H8/c1-2-6-10-8-4-3-7-9(10)5-1/h1-8H/q-2. The van der Waals surface area contributed by atoms with Gasteiger partial charge in [-0.15, -0.1) is 12.1 Å². The van der Waals surface area contributed by atoms with Crippen LogP contribution in [0.15, 0.2) is 36.4 Å². The monoisotopic (exact) mass is 128 g/mol. The van der Waals surface area contributed by atoms with E-state index < -0.39 is 0 Å². The van der Waals surface area contributed by atoms with Crippen LogP contribution in [0.4, 0.5) is 0 Å². The molecule has 0 spiro atoms. The van der Waals surface area contributed by atoms with Gasteiger partial charge in [-0.2, -0.15) is 12.1 Å². The highest BCUT2D eigenvalue weighted by molar-refractivity contribution is 5.46. The molecular weight excluding hydrogens is 120 g/mol. The summed E-state index contributed by atoms with van der Waals surface area (Å²) in [5, 5.41) is 0. The molecule has 0 heterocycles. The molecule has 0 amide bonds. The maximum absolute atomic E-state index is 2.12. The van der Waals surface area contributed by atoms with Crippen LogP contribution in [0, 0.1) is 12.8 Å². The second-order valence-corrected chi connectivity index (χ2v) is 2.35. The Morgan fingerprint density at radius 2 is 1.30 bits per heavy atom. The van der Waals surface area contributed by atoms with Crippen LogP contribution in [0.3, 0.4) is 0 Å². The SMILES string of the molecule is C1=C[CH-]c2ccccc2[CH-]1. The predicted octanol–water partition coefficient (Wildman–Crippen LogP) is 2.36. The van der Waals surface area contributed by atoms with Crippen molar-refractivity contribution in [2.75, 3.05) is 0 Å². The number of hydrogen-bond acceptors (Lipinski definition) is 0. The predicted molar refractivity (Wildman–Crippen MR) is 42.4 cm³/mol. The number of fused-ring (bicyclic) bond motifs is 1. The molecule has 0 bridgehead atoms. The molecule has 0 N–H and O–H groups in total. The first-order valence-electron chi connectivity index (χ1n) is 3.40. The van der Waals surface area contributed by atoms with E-state index in [1.54, 1.807) is 0 Å². The van der Waals surface area contributed by atoms with Crippen molar-refractivity contribution in [1.29, 1.82) is 0 Å². The Bertz CT molecular complexity index is 231. The average Bonchev–Trinajstić information content (AvgIpc) is 2.05. The molecule has 1 aliphatic rings. The minimum absolute atomic E-state index is 1.31. The summed E-state index contributed by atoms with van der Waals surface area (Å²) >= 11 is 0. The van der Waals surface area contributed by atoms with Crippen molar-refractivity contribution in [2.45, 2.75) is 0 Å². The summed E-state index contributed by atoms with van der Waals surface area (Å²) in [4.78, 5) is 0. The highest BCUT2D eigenvalue weighted by Crippen LogP contribution is 2.17. The largest absolute Gasteiger partial charge is 0.233 e. The van der Waals surface area contributed by atoms with Crippen LogP contribution < -0.4 is 0 Å². The molecule has 0 atom stereocenters. The van der Waals surface area contributed by atoms with E-state index in [1.807, 2.05) is 0 Å². The van der Waals surface area contributed by atoms with Crippen molar-refractivity contribution in [3.8, 4) is 0 Å². The molecule has 1 aliphatic carbocycles. The van der Waals surface area contributed by atoms with Crippen LogP contribution in [0.1, 0.15) is 11.1 Å². The zero-order valence-corrected chi connectivity index (χ0v) is 5.62. The van der Waals surface area contributed by atoms with Crippen LogP contribution in [-0.4, -0.2) is 0 Å². The number of rotatable bonds is 0. The third-order valence-electron chi connectivity index (χ3n) is 1.66. The van der Waals surface area contributed by atoms with Crippen molar-refractivity contribution in [2.24, 2.45) is 0 Å². The minimum atomic E-state index is 1.31. The van der Waals surface area contributed by atoms with Gasteiger partial charge < -0.3 is 0 Å². The van der Waals surface area contributed by atoms with Crippen LogP contribution in [-0.2, 0) is 0 Å². The van der Waals surface area contributed by atoms with E-state index in [1.165, 1.54) is 11.1 Å². The molecule has 1 aromatic rings. The fourth-order valence-electron chi connectivity index (χ4n) is 1.13. The summed E-state index contributed by atoms with van der Waals surface area (Å²) in [7, 11) is 0. The van der Waals surface area contributed by atoms with E-state index in [4.69, 9.17) is 0 Å². The Morgan fingerprint density at radius 3 is 1.80 bits per heavy atom. The molecule has 0 fully saturated rings. The first-order chi connectivity index (χ1) is 4.97. The third kappa shape index (κ3) is 0.781. The zero-order chi connectivity index (χ0) is 6.81. The summed E-state index contributed by atoms with van der Waals surface area (Å²) < 4.78 is 0. The Kier molecular flexibility index (Phi) is 1.17. The summed E-state index contributed by atoms with van der Waals surface area (Å²) in [6.07, 6.45) is 8.36. The van der Waals surface area contributed by atoms with Gasteiger partial charge in [-0.3, -0.25) is 0 Å². The molecule has 10 heavy (non-hydrogen) atoms. The summed E-state index contributed by atoms with van der Waals surface area (Å²) in [5.74, 6) is 0. The van der Waals surface area contributed by atoms with E-state index in [0.29, 0.717) is 0 Å². The van der Waals surface area contributed by atoms with Gasteiger partial charge in [0.25, 0.3) is 0 Å². The Labute approximate surface area is 61.2 Å². The van der Waals surface area contributed by atoms with Crippen LogP contribution >= 0.6 is 0 Å². The summed E-state index contributed by atoms with van der Waals surface area (Å²) in [5.41, 5.74) is 2.62. The highest BCUT2D eigenvalue weighted by atomic mass is 14.1. The molecule has 2 rings (SSSR count). The van der Waals surface area contributed by atoms with Crippen LogP contribution in [0.2, 0.25) is 0 Å². The Balaban J connectivity index is 2.47. The third-order valence-corrected chi connectivity index (χ3v) is 1.66. The van der Waals surface area contributed by atoms with Crippen LogP contribution in [0.5, 0.6) is 0 Å². The van der Waals surface area contributed by atoms with E-state index in [-0.39, 0.29) is 0 Å². The molecular formula is C10H8-2. The van der Waals surface area contributed by atoms with Crippen molar-refractivity contribution < 1.29 is 0 Å². The smallest absolute Gasteiger partial charge is 0.123 e. The topological polar surface area (TPSA) is 0 Å². The average molecular weight is 128 g/mol. The first-order valence-corrected chi connectivity index (χ1v) is 3.40. The Hall–Kier alpha value is -1.30. The molecule has 0 aromatic heterocycles. The highest BCUT2D eigenvalue weighted by Gasteiger charge is 1.83. The summed E-state index contributed by atoms with van der Waals surface area (Å²) in [6.45, 7) is 0. The molecule has 1 aromatic carbocycles. The molecule has 0 heteroatoms. The van der Waals surface area contributed by atoms with Gasteiger partial charge >= 0.3 is 0 Å². The van der Waals surface area contributed by atoms with E-state index in [2.05, 4.69) is 49.3 Å². The molecule has 0 saturated carbocycles. The van der Waals surface area contributed by atoms with Gasteiger partial charge in [0.2, 0.25) is 0 Å². The Morgan fingerprint density at radius 1 is 0.800 bits per heavy atom. The quantitative estimate of drug-likeness (QED) is 0.470. The number of allylic oxidation sites excluding steroid dienone is 2. The van der Waals surface area contributed by atoms with Crippen molar-refractivity contribution in [3.05, 3.63) is 60.4 Å². The molecule has 0 radical (unpaired) electrons. The van der Waals surface area contributed by atoms with Gasteiger partial charge in [0, 0.05) is 0 Å². The van der Waals surface area contributed by atoms with Gasteiger partial charge in [-0.05, 0) is 0 Å². The fraction of sp³-hybridized carbons (Fsp3) is 0. The lowest BCUT2D eigenvalue weighted by molar-refractivity contribution is 1.37. The molecule has 0 unspecified atom stereocenters. The fourth-order valence-corrected chi connectivity index (χ4v) is 1.13. The lowest BCUT2D eigenvalue weighted by Crippen LogP contribution is -1.91. The van der Waals surface area contributed by atoms with Gasteiger partial charge in [0.15, 0.2) is 0 Å². The van der Waals surface area contributed by atoms with E-state index in [9.17, 15) is 0 Å². The maximum Gasteiger partial charge on any atom is -0.123 e. The molecule has 0 nitrogen and oxygen atoms in total. The van der Waals surface area contributed by atoms with Crippen molar-refractivity contribution >= 4 is 0 Å². The van der Waals surface area contributed by atoms with Crippen molar-refractivity contribution in [1.82, 2.24) is 0 Å². The minimum Gasteiger partial charge on any atom is -0.233 e. The lowest BCUT2D eigenvalue weighted by atomic mass is 9.97. The van der Waals surface area contributed by atoms with Gasteiger partial charge in [0.05, 0.1) is 0 Å². The van der Waals surface area contributed by atoms with Crippen molar-refractivity contribution in [3.63, 3.8) is 0 Å². The normalized spacial score (nSPS) is 13.2. The van der Waals surface area contributed by atoms with E-state index >= 15 is 0 Å². The van der Waals surface area contributed by atoms with Crippen LogP contribution in [0.25, 0.3) is 0 Å². The molecule has 50 valence electrons. The molecule has 0 saturated heterocycles. The first kappa shape index (κ1) is 5.48. The summed E-state index contributed by atoms with van der Waals surface area (Å²) in [6, 6.07) is 8.36. The van der Waals surface area contributed by atoms with Gasteiger partial charge in [0.1, 0.15) is 0 Å². The number of benzene rings is 1. The van der Waals surface area contributed by atoms with Gasteiger partial charge in [-0.25, -0.2) is 36.1 Å². The van der Waals surface area contributed by atoms with E-state index in [0.717, 1.165) is 0 Å². The van der Waals surface area contributed by atoms with Gasteiger partial charge in [-0.1, -0.05) is 0 Å². The second kappa shape index (κ2) is 2.14. The molecule has 0 aliphatic heterocycles. The second-order valence-electron chi connectivity index (χ2n) is 2.35.